The molecule has 1 aromatic carbocycles. The normalized spacial score (nSPS) is 14.2. The molecular formula is C14H19N3. The molecule has 0 unspecified atom stereocenters. The fourth-order valence-electron chi connectivity index (χ4n) is 2.43. The van der Waals surface area contributed by atoms with Gasteiger partial charge in [-0.1, -0.05) is 0 Å². The highest BCUT2D eigenvalue weighted by Crippen LogP contribution is 2.28. The highest BCUT2D eigenvalue weighted by atomic mass is 15.1. The van der Waals surface area contributed by atoms with Crippen molar-refractivity contribution in [2.75, 3.05) is 23.7 Å². The van der Waals surface area contributed by atoms with Crippen LogP contribution in [-0.2, 0) is 6.42 Å². The summed E-state index contributed by atoms with van der Waals surface area (Å²) in [6, 6.07) is 8.40. The van der Waals surface area contributed by atoms with E-state index < -0.39 is 0 Å². The summed E-state index contributed by atoms with van der Waals surface area (Å²) in [5.41, 5.74) is 9.38. The van der Waals surface area contributed by atoms with Gasteiger partial charge in [-0.2, -0.15) is 5.26 Å². The number of nitrogens with zero attached hydrogens (tertiary/aromatic N) is 2. The van der Waals surface area contributed by atoms with Gasteiger partial charge in [0.2, 0.25) is 0 Å². The number of aryl methyl sites for hydroxylation is 1. The van der Waals surface area contributed by atoms with E-state index in [-0.39, 0.29) is 0 Å². The van der Waals surface area contributed by atoms with Crippen LogP contribution < -0.4 is 10.6 Å². The van der Waals surface area contributed by atoms with Crippen molar-refractivity contribution in [1.29, 1.82) is 5.26 Å². The Hall–Kier alpha value is -1.69. The topological polar surface area (TPSA) is 53.0 Å². The van der Waals surface area contributed by atoms with Gasteiger partial charge >= 0.3 is 0 Å². The number of rotatable bonds is 4. The molecule has 0 radical (unpaired) electrons. The Morgan fingerprint density at radius 2 is 2.24 bits per heavy atom. The van der Waals surface area contributed by atoms with Crippen LogP contribution in [0.2, 0.25) is 0 Å². The maximum atomic E-state index is 8.51. The van der Waals surface area contributed by atoms with E-state index in [0.717, 1.165) is 38.0 Å². The molecule has 3 heteroatoms. The molecule has 0 bridgehead atoms. The highest BCUT2D eigenvalue weighted by molar-refractivity contribution is 5.61. The third-order valence-corrected chi connectivity index (χ3v) is 3.28. The van der Waals surface area contributed by atoms with Crippen LogP contribution >= 0.6 is 0 Å². The van der Waals surface area contributed by atoms with E-state index >= 15 is 0 Å². The number of unbranched alkanes of at least 4 members (excludes halogenated alkanes) is 2. The van der Waals surface area contributed by atoms with E-state index in [9.17, 15) is 0 Å². The summed E-state index contributed by atoms with van der Waals surface area (Å²) in [7, 11) is 0. The van der Waals surface area contributed by atoms with Crippen LogP contribution in [0.5, 0.6) is 0 Å². The second-order valence-electron chi connectivity index (χ2n) is 4.59. The van der Waals surface area contributed by atoms with Crippen LogP contribution in [0.1, 0.15) is 31.2 Å². The summed E-state index contributed by atoms with van der Waals surface area (Å²) in [6.07, 6.45) is 5.10. The number of hydrogen-bond donors (Lipinski definition) is 1. The first-order chi connectivity index (χ1) is 8.31. The minimum Gasteiger partial charge on any atom is -0.399 e. The molecule has 0 amide bonds. The van der Waals surface area contributed by atoms with Gasteiger partial charge in [-0.25, -0.2) is 0 Å². The third-order valence-electron chi connectivity index (χ3n) is 3.28. The lowest BCUT2D eigenvalue weighted by atomic mass is 10.0. The number of fused-ring (bicyclic) bond motifs is 1. The second-order valence-corrected chi connectivity index (χ2v) is 4.59. The molecule has 0 saturated heterocycles. The average Bonchev–Trinajstić information content (AvgIpc) is 2.34. The number of hydrogen-bond acceptors (Lipinski definition) is 3. The number of nitrogens with two attached hydrogens (primary N) is 1. The summed E-state index contributed by atoms with van der Waals surface area (Å²) in [6.45, 7) is 2.18. The van der Waals surface area contributed by atoms with E-state index in [1.807, 2.05) is 6.07 Å². The molecule has 3 nitrogen and oxygen atoms in total. The zero-order chi connectivity index (χ0) is 12.1. The van der Waals surface area contributed by atoms with Crippen molar-refractivity contribution in [3.8, 4) is 6.07 Å². The van der Waals surface area contributed by atoms with Crippen LogP contribution in [-0.4, -0.2) is 13.1 Å². The summed E-state index contributed by atoms with van der Waals surface area (Å²) < 4.78 is 0. The molecule has 0 saturated carbocycles. The zero-order valence-corrected chi connectivity index (χ0v) is 10.2. The highest BCUT2D eigenvalue weighted by Gasteiger charge is 2.15. The molecule has 0 aromatic heterocycles. The van der Waals surface area contributed by atoms with Gasteiger partial charge < -0.3 is 10.6 Å². The summed E-state index contributed by atoms with van der Waals surface area (Å²) in [5, 5.41) is 8.51. The van der Waals surface area contributed by atoms with E-state index in [2.05, 4.69) is 23.1 Å². The van der Waals surface area contributed by atoms with Crippen LogP contribution in [0, 0.1) is 11.3 Å². The molecule has 90 valence electrons. The van der Waals surface area contributed by atoms with E-state index in [1.165, 1.54) is 17.7 Å². The first-order valence-electron chi connectivity index (χ1n) is 6.31. The van der Waals surface area contributed by atoms with Crippen molar-refractivity contribution in [3.63, 3.8) is 0 Å². The van der Waals surface area contributed by atoms with Crippen LogP contribution in [0.15, 0.2) is 18.2 Å². The monoisotopic (exact) mass is 229 g/mol. The maximum absolute atomic E-state index is 8.51. The first-order valence-corrected chi connectivity index (χ1v) is 6.31. The fourth-order valence-corrected chi connectivity index (χ4v) is 2.43. The Balaban J connectivity index is 2.00. The summed E-state index contributed by atoms with van der Waals surface area (Å²) >= 11 is 0. The van der Waals surface area contributed by atoms with Crippen molar-refractivity contribution in [3.05, 3.63) is 23.8 Å². The van der Waals surface area contributed by atoms with Crippen LogP contribution in [0.3, 0.4) is 0 Å². The lowest BCUT2D eigenvalue weighted by Gasteiger charge is -2.31. The number of benzene rings is 1. The van der Waals surface area contributed by atoms with Crippen molar-refractivity contribution in [2.24, 2.45) is 0 Å². The lowest BCUT2D eigenvalue weighted by Crippen LogP contribution is -2.30. The van der Waals surface area contributed by atoms with Gasteiger partial charge in [0.25, 0.3) is 0 Å². The smallest absolute Gasteiger partial charge is 0.0621 e. The third kappa shape index (κ3) is 2.91. The van der Waals surface area contributed by atoms with Gasteiger partial charge in [-0.05, 0) is 49.4 Å². The van der Waals surface area contributed by atoms with Gasteiger partial charge in [0.05, 0.1) is 6.07 Å². The zero-order valence-electron chi connectivity index (χ0n) is 10.2. The quantitative estimate of drug-likeness (QED) is 0.638. The van der Waals surface area contributed by atoms with Gasteiger partial charge in [-0.3, -0.25) is 0 Å². The Kier molecular flexibility index (Phi) is 3.87. The van der Waals surface area contributed by atoms with Crippen LogP contribution in [0.25, 0.3) is 0 Å². The Morgan fingerprint density at radius 3 is 3.06 bits per heavy atom. The van der Waals surface area contributed by atoms with Crippen molar-refractivity contribution in [1.82, 2.24) is 0 Å². The molecule has 17 heavy (non-hydrogen) atoms. The first kappa shape index (κ1) is 11.8. The number of nitrogen functional groups attached to an aromatic ring is 1. The van der Waals surface area contributed by atoms with E-state index in [1.54, 1.807) is 0 Å². The molecule has 2 rings (SSSR count). The predicted octanol–water partition coefficient (Wildman–Crippen LogP) is 2.72. The minimum atomic E-state index is 0.669. The fraction of sp³-hybridized carbons (Fsp3) is 0.500. The molecule has 0 atom stereocenters. The molecule has 1 heterocycles. The summed E-state index contributed by atoms with van der Waals surface area (Å²) in [4.78, 5) is 2.43. The number of anilines is 2. The van der Waals surface area contributed by atoms with Gasteiger partial charge in [0, 0.05) is 30.9 Å². The molecule has 0 spiro atoms. The number of nitriles is 1. The van der Waals surface area contributed by atoms with Gasteiger partial charge in [-0.15, -0.1) is 0 Å². The van der Waals surface area contributed by atoms with Crippen molar-refractivity contribution in [2.45, 2.75) is 32.1 Å². The van der Waals surface area contributed by atoms with Gasteiger partial charge in [0.1, 0.15) is 0 Å². The standard InChI is InChI=1S/C14H19N3/c15-8-2-1-3-9-17-10-4-5-12-11-13(16)6-7-14(12)17/h6-7,11H,1-5,9-10,16H2. The minimum absolute atomic E-state index is 0.669. The molecule has 2 N–H and O–H groups in total. The van der Waals surface area contributed by atoms with Gasteiger partial charge in [0.15, 0.2) is 0 Å². The average molecular weight is 229 g/mol. The maximum Gasteiger partial charge on any atom is 0.0621 e. The molecule has 1 aliphatic heterocycles. The second kappa shape index (κ2) is 5.58. The Morgan fingerprint density at radius 1 is 1.35 bits per heavy atom. The Bertz CT molecular complexity index is 420. The predicted molar refractivity (Wildman–Crippen MR) is 70.9 cm³/mol. The molecule has 1 aromatic rings. The van der Waals surface area contributed by atoms with Crippen molar-refractivity contribution < 1.29 is 0 Å². The van der Waals surface area contributed by atoms with Crippen LogP contribution in [0.4, 0.5) is 11.4 Å². The molecule has 1 aliphatic rings. The largest absolute Gasteiger partial charge is 0.399 e. The Labute approximate surface area is 103 Å². The van der Waals surface area contributed by atoms with Crippen molar-refractivity contribution >= 4 is 11.4 Å². The SMILES string of the molecule is N#CCCCCN1CCCc2cc(N)ccc21. The molecule has 0 aliphatic carbocycles. The molecular weight excluding hydrogens is 210 g/mol. The summed E-state index contributed by atoms with van der Waals surface area (Å²) in [5.74, 6) is 0. The lowest BCUT2D eigenvalue weighted by molar-refractivity contribution is 0.648. The van der Waals surface area contributed by atoms with E-state index in [4.69, 9.17) is 11.0 Å². The molecule has 0 fully saturated rings. The van der Waals surface area contributed by atoms with E-state index in [0.29, 0.717) is 6.42 Å².